The van der Waals surface area contributed by atoms with Crippen molar-refractivity contribution in [1.82, 2.24) is 0 Å². The number of alkyl halides is 3. The molecule has 0 aliphatic heterocycles. The van der Waals surface area contributed by atoms with Crippen molar-refractivity contribution in [2.75, 3.05) is 10.6 Å². The Balaban J connectivity index is 1.63. The summed E-state index contributed by atoms with van der Waals surface area (Å²) in [6, 6.07) is 17.3. The van der Waals surface area contributed by atoms with E-state index in [2.05, 4.69) is 10.6 Å². The van der Waals surface area contributed by atoms with Crippen LogP contribution >= 0.6 is 11.6 Å². The summed E-state index contributed by atoms with van der Waals surface area (Å²) in [6.45, 7) is 0. The molecule has 0 saturated heterocycles. The Labute approximate surface area is 174 Å². The molecule has 2 N–H and O–H groups in total. The van der Waals surface area contributed by atoms with Gasteiger partial charge >= 0.3 is 12.2 Å². The topological polar surface area (TPSA) is 74.1 Å². The van der Waals surface area contributed by atoms with Crippen LogP contribution in [0.3, 0.4) is 0 Å². The number of hydrogen-bond donors (Lipinski definition) is 2. The van der Waals surface area contributed by atoms with Gasteiger partial charge in [-0.3, -0.25) is 0 Å². The number of benzene rings is 3. The van der Waals surface area contributed by atoms with E-state index in [0.717, 1.165) is 12.1 Å². The van der Waals surface area contributed by atoms with Crippen molar-refractivity contribution < 1.29 is 22.7 Å². The number of hydrogen-bond acceptors (Lipinski definition) is 3. The highest BCUT2D eigenvalue weighted by Crippen LogP contribution is 2.36. The molecular formula is C21H13ClF3N3O2. The van der Waals surface area contributed by atoms with Crippen LogP contribution in [-0.2, 0) is 6.18 Å². The smallest absolute Gasteiger partial charge is 0.417 e. The predicted molar refractivity (Wildman–Crippen MR) is 107 cm³/mol. The fraction of sp³-hybridized carbons (Fsp3) is 0.0476. The Hall–Kier alpha value is -3.70. The lowest BCUT2D eigenvalue weighted by molar-refractivity contribution is -0.137. The van der Waals surface area contributed by atoms with E-state index in [4.69, 9.17) is 21.6 Å². The van der Waals surface area contributed by atoms with Gasteiger partial charge in [0.1, 0.15) is 11.5 Å². The molecule has 152 valence electrons. The number of nitrogens with zero attached hydrogens (tertiary/aromatic N) is 1. The first kappa shape index (κ1) is 21.0. The molecule has 5 nitrogen and oxygen atoms in total. The number of carbonyl (C=O) groups is 1. The van der Waals surface area contributed by atoms with Gasteiger partial charge in [-0.1, -0.05) is 17.7 Å². The monoisotopic (exact) mass is 431 g/mol. The van der Waals surface area contributed by atoms with Gasteiger partial charge in [-0.2, -0.15) is 18.4 Å². The summed E-state index contributed by atoms with van der Waals surface area (Å²) in [7, 11) is 0. The molecule has 0 atom stereocenters. The van der Waals surface area contributed by atoms with Gasteiger partial charge in [-0.25, -0.2) is 4.79 Å². The fourth-order valence-electron chi connectivity index (χ4n) is 2.49. The van der Waals surface area contributed by atoms with Crippen LogP contribution in [0.25, 0.3) is 0 Å². The second-order valence-electron chi connectivity index (χ2n) is 6.04. The largest absolute Gasteiger partial charge is 0.457 e. The van der Waals surface area contributed by atoms with E-state index >= 15 is 0 Å². The Morgan fingerprint density at radius 1 is 0.933 bits per heavy atom. The van der Waals surface area contributed by atoms with Gasteiger partial charge in [0.15, 0.2) is 0 Å². The maximum absolute atomic E-state index is 12.9. The van der Waals surface area contributed by atoms with E-state index in [1.54, 1.807) is 48.5 Å². The van der Waals surface area contributed by atoms with Gasteiger partial charge in [-0.05, 0) is 60.7 Å². The number of ether oxygens (including phenoxy) is 1. The molecule has 0 spiro atoms. The van der Waals surface area contributed by atoms with Gasteiger partial charge < -0.3 is 15.4 Å². The Morgan fingerprint density at radius 3 is 2.27 bits per heavy atom. The molecule has 0 heterocycles. The van der Waals surface area contributed by atoms with Gasteiger partial charge in [-0.15, -0.1) is 0 Å². The molecule has 2 amide bonds. The number of rotatable bonds is 4. The lowest BCUT2D eigenvalue weighted by atomic mass is 10.2. The van der Waals surface area contributed by atoms with Crippen LogP contribution in [0.1, 0.15) is 11.1 Å². The molecule has 3 aromatic rings. The minimum absolute atomic E-state index is 0.0541. The van der Waals surface area contributed by atoms with Crippen molar-refractivity contribution in [3.05, 3.63) is 82.9 Å². The molecular weight excluding hydrogens is 419 g/mol. The van der Waals surface area contributed by atoms with Gasteiger partial charge in [0.25, 0.3) is 0 Å². The summed E-state index contributed by atoms with van der Waals surface area (Å²) in [5.74, 6) is 0.958. The molecule has 0 bridgehead atoms. The molecule has 0 aliphatic rings. The van der Waals surface area contributed by atoms with Gasteiger partial charge in [0.05, 0.1) is 22.2 Å². The number of urea groups is 1. The van der Waals surface area contributed by atoms with E-state index in [0.29, 0.717) is 22.7 Å². The molecule has 3 rings (SSSR count). The van der Waals surface area contributed by atoms with Crippen molar-refractivity contribution in [3.63, 3.8) is 0 Å². The molecule has 0 radical (unpaired) electrons. The molecule has 9 heteroatoms. The highest BCUT2D eigenvalue weighted by Gasteiger charge is 2.33. The standard InChI is InChI=1S/C21H13ClF3N3O2/c22-19-9-6-15(11-18(19)21(23,24)25)28-20(29)27-14-4-7-16(8-5-14)30-17-3-1-2-13(10-17)12-26/h1-11H,(H2,27,28,29). The minimum atomic E-state index is -4.63. The molecule has 3 aromatic carbocycles. The molecule has 0 fully saturated rings. The number of nitriles is 1. The molecule has 0 aromatic heterocycles. The molecule has 0 saturated carbocycles. The van der Waals surface area contributed by atoms with E-state index in [-0.39, 0.29) is 5.69 Å². The SMILES string of the molecule is N#Cc1cccc(Oc2ccc(NC(=O)Nc3ccc(Cl)c(C(F)(F)F)c3)cc2)c1. The van der Waals surface area contributed by atoms with Crippen molar-refractivity contribution in [1.29, 1.82) is 5.26 Å². The van der Waals surface area contributed by atoms with Crippen LogP contribution in [0.15, 0.2) is 66.7 Å². The average molecular weight is 432 g/mol. The zero-order chi connectivity index (χ0) is 21.7. The van der Waals surface area contributed by atoms with Gasteiger partial charge in [0, 0.05) is 11.4 Å². The average Bonchev–Trinajstić information content (AvgIpc) is 2.70. The summed E-state index contributed by atoms with van der Waals surface area (Å²) in [6.07, 6.45) is -4.63. The highest BCUT2D eigenvalue weighted by atomic mass is 35.5. The maximum atomic E-state index is 12.9. The number of amides is 2. The summed E-state index contributed by atoms with van der Waals surface area (Å²) in [5, 5.41) is 13.3. The molecule has 30 heavy (non-hydrogen) atoms. The quantitative estimate of drug-likeness (QED) is 0.484. The molecule has 0 aliphatic carbocycles. The second-order valence-corrected chi connectivity index (χ2v) is 6.44. The first-order chi connectivity index (χ1) is 14.2. The number of carbonyl (C=O) groups excluding carboxylic acids is 1. The van der Waals surface area contributed by atoms with Crippen molar-refractivity contribution >= 4 is 29.0 Å². The normalized spacial score (nSPS) is 10.8. The van der Waals surface area contributed by atoms with Crippen molar-refractivity contribution in [2.45, 2.75) is 6.18 Å². The number of nitrogens with one attached hydrogen (secondary N) is 2. The lowest BCUT2D eigenvalue weighted by Gasteiger charge is -2.12. The van der Waals surface area contributed by atoms with Crippen LogP contribution in [0.4, 0.5) is 29.3 Å². The summed E-state index contributed by atoms with van der Waals surface area (Å²) in [5.41, 5.74) is -0.237. The Bertz CT molecular complexity index is 1110. The zero-order valence-corrected chi connectivity index (χ0v) is 15.9. The summed E-state index contributed by atoms with van der Waals surface area (Å²) >= 11 is 5.56. The lowest BCUT2D eigenvalue weighted by Crippen LogP contribution is -2.19. The minimum Gasteiger partial charge on any atom is -0.457 e. The third kappa shape index (κ3) is 5.43. The van der Waals surface area contributed by atoms with Gasteiger partial charge in [0.2, 0.25) is 0 Å². The maximum Gasteiger partial charge on any atom is 0.417 e. The number of anilines is 2. The van der Waals surface area contributed by atoms with E-state index < -0.39 is 22.8 Å². The fourth-order valence-corrected chi connectivity index (χ4v) is 2.71. The van der Waals surface area contributed by atoms with E-state index in [1.165, 1.54) is 6.07 Å². The van der Waals surface area contributed by atoms with Crippen molar-refractivity contribution in [3.8, 4) is 17.6 Å². The van der Waals surface area contributed by atoms with Crippen LogP contribution in [0.2, 0.25) is 5.02 Å². The highest BCUT2D eigenvalue weighted by molar-refractivity contribution is 6.31. The Morgan fingerprint density at radius 2 is 1.60 bits per heavy atom. The van der Waals surface area contributed by atoms with Crippen LogP contribution < -0.4 is 15.4 Å². The van der Waals surface area contributed by atoms with Crippen LogP contribution in [-0.4, -0.2) is 6.03 Å². The number of halogens is 4. The van der Waals surface area contributed by atoms with Crippen LogP contribution in [0, 0.1) is 11.3 Å². The zero-order valence-electron chi connectivity index (χ0n) is 15.1. The third-order valence-electron chi connectivity index (χ3n) is 3.84. The van der Waals surface area contributed by atoms with E-state index in [1.807, 2.05) is 6.07 Å². The predicted octanol–water partition coefficient (Wildman–Crippen LogP) is 6.67. The summed E-state index contributed by atoms with van der Waals surface area (Å²) in [4.78, 5) is 12.1. The third-order valence-corrected chi connectivity index (χ3v) is 4.17. The Kier molecular flexibility index (Phi) is 6.14. The van der Waals surface area contributed by atoms with Crippen LogP contribution in [0.5, 0.6) is 11.5 Å². The first-order valence-corrected chi connectivity index (χ1v) is 8.85. The second kappa shape index (κ2) is 8.76. The molecule has 0 unspecified atom stereocenters. The summed E-state index contributed by atoms with van der Waals surface area (Å²) < 4.78 is 44.4. The van der Waals surface area contributed by atoms with E-state index in [9.17, 15) is 18.0 Å². The van der Waals surface area contributed by atoms with Crippen molar-refractivity contribution in [2.24, 2.45) is 0 Å². The first-order valence-electron chi connectivity index (χ1n) is 8.47.